The maximum atomic E-state index is 13.2. The van der Waals surface area contributed by atoms with Crippen LogP contribution in [0.4, 0.5) is 10.5 Å². The lowest BCUT2D eigenvalue weighted by Crippen LogP contribution is -2.54. The largest absolute Gasteiger partial charge is 0.497 e. The predicted molar refractivity (Wildman–Crippen MR) is 139 cm³/mol. The predicted octanol–water partition coefficient (Wildman–Crippen LogP) is 4.18. The number of hydrogen-bond acceptors (Lipinski definition) is 8. The molecule has 1 aliphatic heterocycles. The summed E-state index contributed by atoms with van der Waals surface area (Å²) in [6.45, 7) is 1.87. The van der Waals surface area contributed by atoms with Gasteiger partial charge >= 0.3 is 16.1 Å². The van der Waals surface area contributed by atoms with E-state index in [2.05, 4.69) is 5.32 Å². The molecule has 0 spiro atoms. The molecule has 196 valence electrons. The van der Waals surface area contributed by atoms with E-state index in [4.69, 9.17) is 25.3 Å². The summed E-state index contributed by atoms with van der Waals surface area (Å²) in [7, 11) is -2.72. The van der Waals surface area contributed by atoms with Gasteiger partial charge in [-0.3, -0.25) is 14.9 Å². The van der Waals surface area contributed by atoms with Gasteiger partial charge in [0, 0.05) is 5.02 Å². The van der Waals surface area contributed by atoms with Crippen LogP contribution in [-0.4, -0.2) is 40.0 Å². The van der Waals surface area contributed by atoms with Crippen LogP contribution >= 0.6 is 11.6 Å². The number of carbonyl (C=O) groups excluding carboxylic acids is 3. The molecule has 1 aliphatic rings. The van der Waals surface area contributed by atoms with Gasteiger partial charge < -0.3 is 13.7 Å². The Kier molecular flexibility index (Phi) is 7.70. The van der Waals surface area contributed by atoms with E-state index in [0.29, 0.717) is 16.3 Å². The smallest absolute Gasteiger partial charge is 0.339 e. The van der Waals surface area contributed by atoms with Gasteiger partial charge in [0.1, 0.15) is 16.2 Å². The molecule has 0 unspecified atom stereocenters. The summed E-state index contributed by atoms with van der Waals surface area (Å²) in [6, 6.07) is 14.9. The van der Waals surface area contributed by atoms with Gasteiger partial charge in [-0.1, -0.05) is 17.7 Å². The summed E-state index contributed by atoms with van der Waals surface area (Å²) in [5, 5.41) is 2.51. The molecule has 4 amide bonds. The maximum Gasteiger partial charge on any atom is 0.339 e. The molecule has 10 nitrogen and oxygen atoms in total. The average Bonchev–Trinajstić information content (AvgIpc) is 2.88. The highest BCUT2D eigenvalue weighted by molar-refractivity contribution is 7.87. The lowest BCUT2D eigenvalue weighted by atomic mass is 10.1. The minimum absolute atomic E-state index is 0.0612. The SMILES string of the molecule is CCOc1cc(/C=C2\C(=O)NC(=O)N(c3ccc(OC)cc3)C2=O)ccc1OS(=O)(=O)c1ccc(Cl)cc1. The molecule has 0 aliphatic carbocycles. The van der Waals surface area contributed by atoms with Crippen molar-refractivity contribution in [3.63, 3.8) is 0 Å². The van der Waals surface area contributed by atoms with Gasteiger partial charge in [-0.15, -0.1) is 0 Å². The van der Waals surface area contributed by atoms with E-state index in [1.807, 2.05) is 0 Å². The second-order valence-corrected chi connectivity index (χ2v) is 9.77. The Bertz CT molecular complexity index is 1530. The van der Waals surface area contributed by atoms with Crippen molar-refractivity contribution >= 4 is 51.3 Å². The molecule has 0 atom stereocenters. The molecule has 0 radical (unpaired) electrons. The number of imide groups is 2. The Labute approximate surface area is 223 Å². The number of amides is 4. The van der Waals surface area contributed by atoms with Gasteiger partial charge in [0.25, 0.3) is 11.8 Å². The van der Waals surface area contributed by atoms with Crippen LogP contribution in [0.1, 0.15) is 12.5 Å². The Morgan fingerprint density at radius 2 is 1.63 bits per heavy atom. The van der Waals surface area contributed by atoms with Crippen molar-refractivity contribution in [2.75, 3.05) is 18.6 Å². The first kappa shape index (κ1) is 26.7. The van der Waals surface area contributed by atoms with Gasteiger partial charge in [-0.05, 0) is 79.2 Å². The lowest BCUT2D eigenvalue weighted by Gasteiger charge is -2.26. The first-order valence-electron chi connectivity index (χ1n) is 11.2. The van der Waals surface area contributed by atoms with Gasteiger partial charge in [-0.2, -0.15) is 8.42 Å². The fraction of sp³-hybridized carbons (Fsp3) is 0.115. The van der Waals surface area contributed by atoms with Crippen molar-refractivity contribution in [3.8, 4) is 17.2 Å². The van der Waals surface area contributed by atoms with Crippen molar-refractivity contribution in [2.24, 2.45) is 0 Å². The number of carbonyl (C=O) groups is 3. The second kappa shape index (κ2) is 11.0. The lowest BCUT2D eigenvalue weighted by molar-refractivity contribution is -0.122. The summed E-state index contributed by atoms with van der Waals surface area (Å²) < 4.78 is 41.4. The monoisotopic (exact) mass is 556 g/mol. The number of nitrogens with one attached hydrogen (secondary N) is 1. The summed E-state index contributed by atoms with van der Waals surface area (Å²) in [6.07, 6.45) is 1.26. The highest BCUT2D eigenvalue weighted by Gasteiger charge is 2.37. The first-order chi connectivity index (χ1) is 18.1. The molecule has 12 heteroatoms. The molecule has 4 rings (SSSR count). The van der Waals surface area contributed by atoms with Crippen LogP contribution < -0.4 is 23.9 Å². The Morgan fingerprint density at radius 1 is 0.947 bits per heavy atom. The normalized spacial score (nSPS) is 14.9. The zero-order valence-electron chi connectivity index (χ0n) is 20.1. The number of anilines is 1. The summed E-state index contributed by atoms with van der Waals surface area (Å²) in [5.41, 5.74) is 0.246. The standard InChI is InChI=1S/C26H21ClN2O8S/c1-3-36-23-15-16(4-13-22(23)37-38(33,34)20-11-5-17(27)6-12-20)14-21-24(30)28-26(32)29(25(21)31)18-7-9-19(35-2)10-8-18/h4-15H,3H2,1-2H3,(H,28,30,32)/b21-14+. The fourth-order valence-electron chi connectivity index (χ4n) is 3.51. The number of methoxy groups -OCH3 is 1. The van der Waals surface area contributed by atoms with Crippen LogP contribution in [-0.2, 0) is 19.7 Å². The first-order valence-corrected chi connectivity index (χ1v) is 12.9. The minimum Gasteiger partial charge on any atom is -0.497 e. The number of barbiturate groups is 1. The molecule has 1 saturated heterocycles. The van der Waals surface area contributed by atoms with Gasteiger partial charge in [0.05, 0.1) is 19.4 Å². The van der Waals surface area contributed by atoms with E-state index in [-0.39, 0.29) is 34.3 Å². The number of nitrogens with zero attached hydrogens (tertiary/aromatic N) is 1. The Morgan fingerprint density at radius 3 is 2.26 bits per heavy atom. The number of hydrogen-bond donors (Lipinski definition) is 1. The Balaban J connectivity index is 1.66. The molecular formula is C26H21ClN2O8S. The maximum absolute atomic E-state index is 13.2. The molecule has 3 aromatic rings. The molecule has 0 bridgehead atoms. The topological polar surface area (TPSA) is 128 Å². The van der Waals surface area contributed by atoms with Crippen LogP contribution in [0.15, 0.2) is 77.2 Å². The highest BCUT2D eigenvalue weighted by atomic mass is 35.5. The van der Waals surface area contributed by atoms with Gasteiger partial charge in [0.15, 0.2) is 11.5 Å². The van der Waals surface area contributed by atoms with Gasteiger partial charge in [-0.25, -0.2) is 9.69 Å². The second-order valence-electron chi connectivity index (χ2n) is 7.79. The van der Waals surface area contributed by atoms with Gasteiger partial charge in [0.2, 0.25) is 0 Å². The molecule has 1 fully saturated rings. The molecule has 0 aromatic heterocycles. The van der Waals surface area contributed by atoms with Crippen molar-refractivity contribution in [1.82, 2.24) is 5.32 Å². The van der Waals surface area contributed by atoms with Crippen LogP contribution in [0, 0.1) is 0 Å². The third-order valence-corrected chi connectivity index (χ3v) is 6.81. The number of urea groups is 1. The van der Waals surface area contributed by atoms with Crippen LogP contribution in [0.2, 0.25) is 5.02 Å². The quantitative estimate of drug-likeness (QED) is 0.248. The zero-order chi connectivity index (χ0) is 27.4. The molecule has 3 aromatic carbocycles. The summed E-state index contributed by atoms with van der Waals surface area (Å²) in [4.78, 5) is 38.8. The summed E-state index contributed by atoms with van der Waals surface area (Å²) in [5.74, 6) is -1.24. The fourth-order valence-corrected chi connectivity index (χ4v) is 4.57. The third-order valence-electron chi connectivity index (χ3n) is 5.31. The van der Waals surface area contributed by atoms with E-state index in [0.717, 1.165) is 4.90 Å². The van der Waals surface area contributed by atoms with Crippen LogP contribution in [0.3, 0.4) is 0 Å². The van der Waals surface area contributed by atoms with Crippen molar-refractivity contribution in [2.45, 2.75) is 11.8 Å². The molecule has 1 heterocycles. The van der Waals surface area contributed by atoms with E-state index in [1.165, 1.54) is 67.8 Å². The average molecular weight is 557 g/mol. The van der Waals surface area contributed by atoms with E-state index in [1.54, 1.807) is 19.1 Å². The van der Waals surface area contributed by atoms with E-state index in [9.17, 15) is 22.8 Å². The van der Waals surface area contributed by atoms with Crippen molar-refractivity contribution in [3.05, 3.63) is 82.9 Å². The third kappa shape index (κ3) is 5.63. The van der Waals surface area contributed by atoms with Crippen LogP contribution in [0.25, 0.3) is 6.08 Å². The van der Waals surface area contributed by atoms with Crippen LogP contribution in [0.5, 0.6) is 17.2 Å². The van der Waals surface area contributed by atoms with Crippen molar-refractivity contribution < 1.29 is 36.5 Å². The number of rotatable bonds is 8. The van der Waals surface area contributed by atoms with Crippen molar-refractivity contribution in [1.29, 1.82) is 0 Å². The zero-order valence-corrected chi connectivity index (χ0v) is 21.7. The molecule has 1 N–H and O–H groups in total. The highest BCUT2D eigenvalue weighted by Crippen LogP contribution is 2.33. The van der Waals surface area contributed by atoms with E-state index < -0.39 is 28.0 Å². The summed E-state index contributed by atoms with van der Waals surface area (Å²) >= 11 is 5.83. The number of ether oxygens (including phenoxy) is 2. The minimum atomic E-state index is -4.20. The van der Waals surface area contributed by atoms with E-state index >= 15 is 0 Å². The Hall–Kier alpha value is -4.35. The number of benzene rings is 3. The molecular weight excluding hydrogens is 536 g/mol. The number of halogens is 1. The molecule has 38 heavy (non-hydrogen) atoms. The molecule has 0 saturated carbocycles.